The molecule has 0 aliphatic heterocycles. The molecule has 168 valence electrons. The minimum absolute atomic E-state index is 0.0246. The minimum atomic E-state index is -0.861. The third kappa shape index (κ3) is 5.41. The van der Waals surface area contributed by atoms with Gasteiger partial charge in [-0.15, -0.1) is 0 Å². The van der Waals surface area contributed by atoms with Crippen LogP contribution in [0.3, 0.4) is 0 Å². The molecule has 1 heterocycles. The molecule has 0 spiro atoms. The lowest BCUT2D eigenvalue weighted by atomic mass is 9.94. The number of benzene rings is 3. The Balaban J connectivity index is 1.45. The summed E-state index contributed by atoms with van der Waals surface area (Å²) in [5, 5.41) is 9.36. The smallest absolute Gasteiger partial charge is 0.304 e. The number of methoxy groups -OCH3 is 1. The highest BCUT2D eigenvalue weighted by Crippen LogP contribution is 2.29. The Kier molecular flexibility index (Phi) is 6.74. The largest absolute Gasteiger partial charge is 0.497 e. The maximum absolute atomic E-state index is 11.4. The first-order chi connectivity index (χ1) is 16.0. The number of aryl methyl sites for hydroxylation is 1. The SMILES string of the molecule is COc1ccc(-c2cccc(COc3ccc([C@H](CC(=O)O)c4nccn4C)cc3)c2)cc1. The molecule has 0 bridgehead atoms. The Labute approximate surface area is 193 Å². The molecule has 4 rings (SSSR count). The third-order valence-corrected chi connectivity index (χ3v) is 5.59. The number of carboxylic acids is 1. The summed E-state index contributed by atoms with van der Waals surface area (Å²) in [4.78, 5) is 15.8. The molecule has 0 unspecified atom stereocenters. The summed E-state index contributed by atoms with van der Waals surface area (Å²) in [6.07, 6.45) is 3.48. The molecule has 6 heteroatoms. The van der Waals surface area contributed by atoms with Crippen LogP contribution in [0, 0.1) is 0 Å². The van der Waals surface area contributed by atoms with Crippen molar-refractivity contribution in [2.75, 3.05) is 7.11 Å². The van der Waals surface area contributed by atoms with Gasteiger partial charge in [-0.3, -0.25) is 4.79 Å². The van der Waals surface area contributed by atoms with Crippen LogP contribution in [0.2, 0.25) is 0 Å². The van der Waals surface area contributed by atoms with E-state index in [1.165, 1.54) is 0 Å². The van der Waals surface area contributed by atoms with Gasteiger partial charge >= 0.3 is 5.97 Å². The number of hydrogen-bond acceptors (Lipinski definition) is 4. The Hall–Kier alpha value is -4.06. The van der Waals surface area contributed by atoms with Crippen LogP contribution in [0.15, 0.2) is 85.2 Å². The summed E-state index contributed by atoms with van der Waals surface area (Å²) < 4.78 is 13.1. The molecule has 0 aliphatic rings. The molecule has 1 atom stereocenters. The summed E-state index contributed by atoms with van der Waals surface area (Å²) in [7, 11) is 3.53. The van der Waals surface area contributed by atoms with Gasteiger partial charge in [0.2, 0.25) is 0 Å². The molecule has 0 amide bonds. The van der Waals surface area contributed by atoms with E-state index < -0.39 is 5.97 Å². The zero-order valence-corrected chi connectivity index (χ0v) is 18.6. The first kappa shape index (κ1) is 22.1. The van der Waals surface area contributed by atoms with Crippen molar-refractivity contribution in [1.82, 2.24) is 9.55 Å². The predicted octanol–water partition coefficient (Wildman–Crippen LogP) is 5.28. The van der Waals surface area contributed by atoms with Gasteiger partial charge < -0.3 is 19.1 Å². The van der Waals surface area contributed by atoms with Crippen LogP contribution in [0.5, 0.6) is 11.5 Å². The average Bonchev–Trinajstić information content (AvgIpc) is 3.27. The molecule has 6 nitrogen and oxygen atoms in total. The Morgan fingerprint density at radius 2 is 1.73 bits per heavy atom. The van der Waals surface area contributed by atoms with Crippen molar-refractivity contribution in [3.8, 4) is 22.6 Å². The number of hydrogen-bond donors (Lipinski definition) is 1. The van der Waals surface area contributed by atoms with Crippen LogP contribution in [-0.4, -0.2) is 27.7 Å². The lowest BCUT2D eigenvalue weighted by Gasteiger charge is -2.16. The van der Waals surface area contributed by atoms with E-state index in [1.807, 2.05) is 78.5 Å². The second-order valence-corrected chi connectivity index (χ2v) is 7.83. The second-order valence-electron chi connectivity index (χ2n) is 7.83. The Morgan fingerprint density at radius 3 is 2.36 bits per heavy atom. The molecule has 0 saturated carbocycles. The van der Waals surface area contributed by atoms with Crippen LogP contribution in [-0.2, 0) is 18.4 Å². The lowest BCUT2D eigenvalue weighted by Crippen LogP contribution is -2.12. The quantitative estimate of drug-likeness (QED) is 0.382. The number of aliphatic carboxylic acids is 1. The number of aromatic nitrogens is 2. The van der Waals surface area contributed by atoms with Gasteiger partial charge in [-0.2, -0.15) is 0 Å². The molecule has 1 aromatic heterocycles. The van der Waals surface area contributed by atoms with E-state index in [1.54, 1.807) is 13.3 Å². The molecular weight excluding hydrogens is 416 g/mol. The fourth-order valence-corrected chi connectivity index (χ4v) is 3.83. The van der Waals surface area contributed by atoms with Crippen molar-refractivity contribution >= 4 is 5.97 Å². The average molecular weight is 443 g/mol. The van der Waals surface area contributed by atoms with Gasteiger partial charge in [-0.25, -0.2) is 4.98 Å². The normalized spacial score (nSPS) is 11.7. The summed E-state index contributed by atoms with van der Waals surface area (Å²) in [6, 6.07) is 23.8. The van der Waals surface area contributed by atoms with Gasteiger partial charge in [0, 0.05) is 19.4 Å². The Bertz CT molecular complexity index is 1210. The molecule has 0 radical (unpaired) electrons. The number of carbonyl (C=O) groups is 1. The van der Waals surface area contributed by atoms with Gasteiger partial charge in [-0.05, 0) is 52.6 Å². The molecule has 0 aliphatic carbocycles. The van der Waals surface area contributed by atoms with E-state index >= 15 is 0 Å². The van der Waals surface area contributed by atoms with Gasteiger partial charge in [0.05, 0.1) is 19.4 Å². The fourth-order valence-electron chi connectivity index (χ4n) is 3.83. The van der Waals surface area contributed by atoms with Gasteiger partial charge in [-0.1, -0.05) is 42.5 Å². The molecule has 1 N–H and O–H groups in total. The van der Waals surface area contributed by atoms with Crippen LogP contribution in [0.25, 0.3) is 11.1 Å². The first-order valence-electron chi connectivity index (χ1n) is 10.7. The minimum Gasteiger partial charge on any atom is -0.497 e. The molecule has 0 saturated heterocycles. The summed E-state index contributed by atoms with van der Waals surface area (Å²) in [5.41, 5.74) is 4.17. The summed E-state index contributed by atoms with van der Waals surface area (Å²) >= 11 is 0. The zero-order valence-electron chi connectivity index (χ0n) is 18.6. The number of ether oxygens (including phenoxy) is 2. The van der Waals surface area contributed by atoms with Gasteiger partial charge in [0.15, 0.2) is 0 Å². The molecule has 33 heavy (non-hydrogen) atoms. The van der Waals surface area contributed by atoms with Crippen molar-refractivity contribution in [2.45, 2.75) is 18.9 Å². The zero-order chi connectivity index (χ0) is 23.2. The van der Waals surface area contributed by atoms with Crippen LogP contribution in [0.4, 0.5) is 0 Å². The number of nitrogens with zero attached hydrogens (tertiary/aromatic N) is 2. The van der Waals surface area contributed by atoms with E-state index in [2.05, 4.69) is 17.1 Å². The van der Waals surface area contributed by atoms with E-state index in [-0.39, 0.29) is 12.3 Å². The Morgan fingerprint density at radius 1 is 1.00 bits per heavy atom. The highest BCUT2D eigenvalue weighted by Gasteiger charge is 2.21. The molecule has 4 aromatic rings. The van der Waals surface area contributed by atoms with Gasteiger partial charge in [0.25, 0.3) is 0 Å². The maximum Gasteiger partial charge on any atom is 0.304 e. The molecule has 0 fully saturated rings. The predicted molar refractivity (Wildman–Crippen MR) is 127 cm³/mol. The highest BCUT2D eigenvalue weighted by molar-refractivity contribution is 5.69. The molecule has 3 aromatic carbocycles. The van der Waals surface area contributed by atoms with E-state index in [4.69, 9.17) is 9.47 Å². The van der Waals surface area contributed by atoms with E-state index in [0.717, 1.165) is 39.6 Å². The standard InChI is InChI=1S/C27H26N2O4/c1-29-15-14-28-27(29)25(17-26(30)31)21-8-12-24(13-9-21)33-18-19-4-3-5-22(16-19)20-6-10-23(32-2)11-7-20/h3-16,25H,17-18H2,1-2H3,(H,30,31)/t25-/m0/s1. The monoisotopic (exact) mass is 442 g/mol. The van der Waals surface area contributed by atoms with Crippen molar-refractivity contribution in [2.24, 2.45) is 7.05 Å². The fraction of sp³-hybridized carbons (Fsp3) is 0.185. The molecular formula is C27H26N2O4. The van der Waals surface area contributed by atoms with E-state index in [9.17, 15) is 9.90 Å². The van der Waals surface area contributed by atoms with Crippen LogP contribution < -0.4 is 9.47 Å². The van der Waals surface area contributed by atoms with Crippen molar-refractivity contribution in [3.63, 3.8) is 0 Å². The number of carboxylic acid groups (broad SMARTS) is 1. The summed E-state index contributed by atoms with van der Waals surface area (Å²) in [5.74, 6) is 1.09. The number of rotatable bonds is 9. The van der Waals surface area contributed by atoms with Crippen LogP contribution in [0.1, 0.15) is 29.3 Å². The third-order valence-electron chi connectivity index (χ3n) is 5.59. The topological polar surface area (TPSA) is 73.6 Å². The first-order valence-corrected chi connectivity index (χ1v) is 10.7. The number of imidazole rings is 1. The van der Waals surface area contributed by atoms with Crippen molar-refractivity contribution in [1.29, 1.82) is 0 Å². The van der Waals surface area contributed by atoms with Gasteiger partial charge in [0.1, 0.15) is 23.9 Å². The van der Waals surface area contributed by atoms with Crippen LogP contribution >= 0.6 is 0 Å². The summed E-state index contributed by atoms with van der Waals surface area (Å²) in [6.45, 7) is 0.432. The maximum atomic E-state index is 11.4. The van der Waals surface area contributed by atoms with Crippen molar-refractivity contribution in [3.05, 3.63) is 102 Å². The van der Waals surface area contributed by atoms with E-state index in [0.29, 0.717) is 6.61 Å². The lowest BCUT2D eigenvalue weighted by molar-refractivity contribution is -0.137. The highest BCUT2D eigenvalue weighted by atomic mass is 16.5. The van der Waals surface area contributed by atoms with Crippen molar-refractivity contribution < 1.29 is 19.4 Å². The second kappa shape index (κ2) is 10.0.